The smallest absolute Gasteiger partial charge is 0.0184 e. The fraction of sp³-hybridized carbons (Fsp3) is 1.00. The zero-order chi connectivity index (χ0) is 6.32. The quantitative estimate of drug-likeness (QED) is 0.519. The first-order valence-corrected chi connectivity index (χ1v) is 4.08. The predicted molar refractivity (Wildman–Crippen MR) is 38.4 cm³/mol. The van der Waals surface area contributed by atoms with E-state index in [0.717, 1.165) is 6.04 Å². The monoisotopic (exact) mass is 125 g/mol. The average Bonchev–Trinajstić information content (AvgIpc) is 2.09. The highest BCUT2D eigenvalue weighted by molar-refractivity contribution is 5.01. The van der Waals surface area contributed by atoms with Crippen LogP contribution in [0.5, 0.6) is 0 Å². The lowest BCUT2D eigenvalue weighted by atomic mass is 9.76. The minimum atomic E-state index is 0.638. The third-order valence-corrected chi connectivity index (χ3v) is 2.92. The molecular weight excluding hydrogens is 110 g/mol. The second kappa shape index (κ2) is 1.72. The molecule has 0 radical (unpaired) electrons. The Morgan fingerprint density at radius 2 is 2.11 bits per heavy atom. The van der Waals surface area contributed by atoms with E-state index in [9.17, 15) is 0 Å². The molecule has 2 rings (SSSR count). The van der Waals surface area contributed by atoms with E-state index in [2.05, 4.69) is 12.2 Å². The molecule has 1 heteroatoms. The van der Waals surface area contributed by atoms with E-state index in [1.165, 1.54) is 32.1 Å². The zero-order valence-corrected chi connectivity index (χ0v) is 6.11. The summed E-state index contributed by atoms with van der Waals surface area (Å²) in [4.78, 5) is 0. The maximum atomic E-state index is 3.67. The number of hydrogen-bond donors (Lipinski definition) is 1. The zero-order valence-electron chi connectivity index (χ0n) is 6.11. The van der Waals surface area contributed by atoms with Crippen LogP contribution in [-0.4, -0.2) is 11.6 Å². The number of rotatable bonds is 0. The molecule has 0 bridgehead atoms. The van der Waals surface area contributed by atoms with Crippen molar-refractivity contribution in [2.24, 2.45) is 0 Å². The molecule has 2 aliphatic rings. The Kier molecular flexibility index (Phi) is 1.10. The lowest BCUT2D eigenvalue weighted by molar-refractivity contribution is 0.209. The van der Waals surface area contributed by atoms with Crippen LogP contribution < -0.4 is 5.32 Å². The molecule has 0 aromatic rings. The van der Waals surface area contributed by atoms with E-state index in [1.807, 2.05) is 0 Å². The fourth-order valence-electron chi connectivity index (χ4n) is 2.16. The van der Waals surface area contributed by atoms with Gasteiger partial charge in [0.1, 0.15) is 0 Å². The highest BCUT2D eigenvalue weighted by Crippen LogP contribution is 2.40. The molecule has 1 aliphatic carbocycles. The van der Waals surface area contributed by atoms with E-state index in [1.54, 1.807) is 0 Å². The van der Waals surface area contributed by atoms with Gasteiger partial charge in [0, 0.05) is 11.6 Å². The van der Waals surface area contributed by atoms with E-state index in [4.69, 9.17) is 0 Å². The maximum absolute atomic E-state index is 3.67. The third-order valence-electron chi connectivity index (χ3n) is 2.92. The molecule has 2 fully saturated rings. The molecule has 0 amide bonds. The van der Waals surface area contributed by atoms with Gasteiger partial charge in [0.2, 0.25) is 0 Å². The Hall–Kier alpha value is -0.0400. The van der Waals surface area contributed by atoms with Gasteiger partial charge in [-0.05, 0) is 39.0 Å². The van der Waals surface area contributed by atoms with Crippen LogP contribution in [0.15, 0.2) is 0 Å². The summed E-state index contributed by atoms with van der Waals surface area (Å²) in [5, 5.41) is 3.67. The second-order valence-electron chi connectivity index (χ2n) is 3.72. The SMILES string of the molecule is CC1CCC2(CCC2)N1. The van der Waals surface area contributed by atoms with Crippen molar-refractivity contribution < 1.29 is 0 Å². The molecule has 1 aliphatic heterocycles. The number of hydrogen-bond acceptors (Lipinski definition) is 1. The minimum absolute atomic E-state index is 0.638. The molecule has 52 valence electrons. The summed E-state index contributed by atoms with van der Waals surface area (Å²) in [7, 11) is 0. The molecule has 0 aromatic carbocycles. The van der Waals surface area contributed by atoms with Gasteiger partial charge < -0.3 is 5.32 Å². The van der Waals surface area contributed by atoms with Gasteiger partial charge >= 0.3 is 0 Å². The normalized spacial score (nSPS) is 39.0. The summed E-state index contributed by atoms with van der Waals surface area (Å²) in [6, 6.07) is 0.797. The minimum Gasteiger partial charge on any atom is -0.309 e. The summed E-state index contributed by atoms with van der Waals surface area (Å²) in [5.41, 5.74) is 0.638. The van der Waals surface area contributed by atoms with Crippen LogP contribution in [0.3, 0.4) is 0 Å². The highest BCUT2D eigenvalue weighted by Gasteiger charge is 2.41. The van der Waals surface area contributed by atoms with Gasteiger partial charge in [-0.3, -0.25) is 0 Å². The lowest BCUT2D eigenvalue weighted by Crippen LogP contribution is -2.47. The van der Waals surface area contributed by atoms with Crippen molar-refractivity contribution in [2.75, 3.05) is 0 Å². The fourth-order valence-corrected chi connectivity index (χ4v) is 2.16. The van der Waals surface area contributed by atoms with E-state index in [0.29, 0.717) is 5.54 Å². The molecule has 1 saturated carbocycles. The van der Waals surface area contributed by atoms with E-state index >= 15 is 0 Å². The summed E-state index contributed by atoms with van der Waals surface area (Å²) >= 11 is 0. The van der Waals surface area contributed by atoms with Crippen molar-refractivity contribution in [1.82, 2.24) is 5.32 Å². The Morgan fingerprint density at radius 3 is 2.33 bits per heavy atom. The Morgan fingerprint density at radius 1 is 1.33 bits per heavy atom. The van der Waals surface area contributed by atoms with E-state index in [-0.39, 0.29) is 0 Å². The standard InChI is InChI=1S/C8H15N/c1-7-3-6-8(9-7)4-2-5-8/h7,9H,2-6H2,1H3. The summed E-state index contributed by atoms with van der Waals surface area (Å²) in [6.07, 6.45) is 7.18. The largest absolute Gasteiger partial charge is 0.309 e. The number of nitrogens with one attached hydrogen (secondary N) is 1. The van der Waals surface area contributed by atoms with Crippen LogP contribution in [0.4, 0.5) is 0 Å². The first kappa shape index (κ1) is 5.72. The van der Waals surface area contributed by atoms with Crippen molar-refractivity contribution in [3.8, 4) is 0 Å². The van der Waals surface area contributed by atoms with Crippen LogP contribution in [0.1, 0.15) is 39.0 Å². The first-order chi connectivity index (χ1) is 4.31. The van der Waals surface area contributed by atoms with Crippen molar-refractivity contribution in [3.63, 3.8) is 0 Å². The Balaban J connectivity index is 1.99. The highest BCUT2D eigenvalue weighted by atomic mass is 15.0. The van der Waals surface area contributed by atoms with Crippen LogP contribution >= 0.6 is 0 Å². The van der Waals surface area contributed by atoms with Crippen molar-refractivity contribution >= 4 is 0 Å². The molecular formula is C8H15N. The molecule has 1 N–H and O–H groups in total. The van der Waals surface area contributed by atoms with Crippen molar-refractivity contribution in [3.05, 3.63) is 0 Å². The van der Waals surface area contributed by atoms with Gasteiger partial charge in [-0.15, -0.1) is 0 Å². The topological polar surface area (TPSA) is 12.0 Å². The van der Waals surface area contributed by atoms with Gasteiger partial charge in [0.05, 0.1) is 0 Å². The molecule has 0 aromatic heterocycles. The van der Waals surface area contributed by atoms with Crippen molar-refractivity contribution in [2.45, 2.75) is 50.6 Å². The van der Waals surface area contributed by atoms with Crippen LogP contribution in [0, 0.1) is 0 Å². The van der Waals surface area contributed by atoms with Gasteiger partial charge in [-0.2, -0.15) is 0 Å². The molecule has 1 atom stereocenters. The predicted octanol–water partition coefficient (Wildman–Crippen LogP) is 1.68. The molecule has 1 heterocycles. The summed E-state index contributed by atoms with van der Waals surface area (Å²) < 4.78 is 0. The Bertz CT molecular complexity index is 116. The third kappa shape index (κ3) is 0.787. The summed E-state index contributed by atoms with van der Waals surface area (Å²) in [6.45, 7) is 2.30. The van der Waals surface area contributed by atoms with Gasteiger partial charge in [-0.1, -0.05) is 0 Å². The molecule has 1 nitrogen and oxygen atoms in total. The van der Waals surface area contributed by atoms with Crippen molar-refractivity contribution in [1.29, 1.82) is 0 Å². The molecule has 1 saturated heterocycles. The van der Waals surface area contributed by atoms with Gasteiger partial charge in [0.15, 0.2) is 0 Å². The van der Waals surface area contributed by atoms with Crippen LogP contribution in [0.2, 0.25) is 0 Å². The van der Waals surface area contributed by atoms with E-state index < -0.39 is 0 Å². The Labute approximate surface area is 56.8 Å². The second-order valence-corrected chi connectivity index (χ2v) is 3.72. The van der Waals surface area contributed by atoms with Crippen LogP contribution in [0.25, 0.3) is 0 Å². The van der Waals surface area contributed by atoms with Gasteiger partial charge in [-0.25, -0.2) is 0 Å². The summed E-state index contributed by atoms with van der Waals surface area (Å²) in [5.74, 6) is 0. The molecule has 1 spiro atoms. The van der Waals surface area contributed by atoms with Crippen LogP contribution in [-0.2, 0) is 0 Å². The first-order valence-electron chi connectivity index (χ1n) is 4.08. The molecule has 9 heavy (non-hydrogen) atoms. The molecule has 1 unspecified atom stereocenters. The average molecular weight is 125 g/mol. The lowest BCUT2D eigenvalue weighted by Gasteiger charge is -2.39. The maximum Gasteiger partial charge on any atom is 0.0184 e. The van der Waals surface area contributed by atoms with Gasteiger partial charge in [0.25, 0.3) is 0 Å².